The van der Waals surface area contributed by atoms with Crippen LogP contribution in [-0.4, -0.2) is 13.0 Å². The van der Waals surface area contributed by atoms with Crippen molar-refractivity contribution >= 4 is 40.4 Å². The quantitative estimate of drug-likeness (QED) is 0.794. The molecule has 3 nitrogen and oxygen atoms in total. The molecule has 0 saturated carbocycles. The average molecular weight is 336 g/mol. The van der Waals surface area contributed by atoms with Gasteiger partial charge in [0, 0.05) is 17.2 Å². The van der Waals surface area contributed by atoms with Gasteiger partial charge in [-0.25, -0.2) is 0 Å². The van der Waals surface area contributed by atoms with E-state index < -0.39 is 0 Å². The highest BCUT2D eigenvalue weighted by atomic mass is 35.5. The number of ether oxygens (including phenoxy) is 1. The number of hydrogen-bond donors (Lipinski definition) is 1. The van der Waals surface area contributed by atoms with Crippen LogP contribution in [0.25, 0.3) is 5.57 Å². The largest absolute Gasteiger partial charge is 0.497 e. The van der Waals surface area contributed by atoms with E-state index in [1.54, 1.807) is 31.4 Å². The van der Waals surface area contributed by atoms with Gasteiger partial charge < -0.3 is 10.1 Å². The van der Waals surface area contributed by atoms with Gasteiger partial charge in [-0.05, 0) is 36.3 Å². The predicted molar refractivity (Wildman–Crippen MR) is 91.7 cm³/mol. The lowest BCUT2D eigenvalue weighted by Gasteiger charge is -2.08. The van der Waals surface area contributed by atoms with Crippen molar-refractivity contribution in [3.05, 3.63) is 64.1 Å². The second kappa shape index (κ2) is 7.34. The van der Waals surface area contributed by atoms with Crippen molar-refractivity contribution in [2.24, 2.45) is 0 Å². The van der Waals surface area contributed by atoms with E-state index in [-0.39, 0.29) is 5.91 Å². The minimum atomic E-state index is -0.274. The molecule has 1 N–H and O–H groups in total. The maximum atomic E-state index is 12.1. The summed E-state index contributed by atoms with van der Waals surface area (Å²) in [6.07, 6.45) is 1.49. The third-order valence-corrected chi connectivity index (χ3v) is 3.72. The lowest BCUT2D eigenvalue weighted by molar-refractivity contribution is -0.111. The highest BCUT2D eigenvalue weighted by molar-refractivity contribution is 6.34. The van der Waals surface area contributed by atoms with Crippen LogP contribution < -0.4 is 10.1 Å². The van der Waals surface area contributed by atoms with Crippen molar-refractivity contribution in [2.75, 3.05) is 12.4 Å². The Labute approximate surface area is 139 Å². The van der Waals surface area contributed by atoms with E-state index >= 15 is 0 Å². The van der Waals surface area contributed by atoms with Crippen molar-refractivity contribution in [3.8, 4) is 5.75 Å². The van der Waals surface area contributed by atoms with E-state index in [0.717, 1.165) is 11.1 Å². The van der Waals surface area contributed by atoms with Gasteiger partial charge in [0.2, 0.25) is 5.91 Å². The Morgan fingerprint density at radius 2 is 1.86 bits per heavy atom. The van der Waals surface area contributed by atoms with Crippen molar-refractivity contribution < 1.29 is 9.53 Å². The SMILES string of the molecule is COc1ccc(NC(=O)/C=C(/C)c2ccccc2Cl)c(Cl)c1. The Bertz CT molecular complexity index is 726. The number of hydrogen-bond acceptors (Lipinski definition) is 2. The van der Waals surface area contributed by atoms with Crippen molar-refractivity contribution in [1.29, 1.82) is 0 Å². The van der Waals surface area contributed by atoms with Gasteiger partial charge in [0.05, 0.1) is 17.8 Å². The van der Waals surface area contributed by atoms with Gasteiger partial charge in [0.15, 0.2) is 0 Å². The first kappa shape index (κ1) is 16.4. The van der Waals surface area contributed by atoms with Gasteiger partial charge in [-0.1, -0.05) is 41.4 Å². The molecule has 5 heteroatoms. The fourth-order valence-electron chi connectivity index (χ4n) is 1.95. The standard InChI is InChI=1S/C17H15Cl2NO2/c1-11(13-5-3-4-6-14(13)18)9-17(21)20-16-8-7-12(22-2)10-15(16)19/h3-10H,1-2H3,(H,20,21)/b11-9-. The van der Waals surface area contributed by atoms with E-state index in [1.165, 1.54) is 6.08 Å². The number of halogens is 2. The van der Waals surface area contributed by atoms with Crippen LogP contribution in [0.15, 0.2) is 48.5 Å². The van der Waals surface area contributed by atoms with Crippen LogP contribution >= 0.6 is 23.2 Å². The molecular formula is C17H15Cl2NO2. The van der Waals surface area contributed by atoms with Crippen molar-refractivity contribution in [2.45, 2.75) is 6.92 Å². The Balaban J connectivity index is 2.16. The number of rotatable bonds is 4. The first-order valence-electron chi connectivity index (χ1n) is 6.59. The molecule has 2 rings (SSSR count). The molecule has 0 aliphatic carbocycles. The lowest BCUT2D eigenvalue weighted by Crippen LogP contribution is -2.09. The predicted octanol–water partition coefficient (Wildman–Crippen LogP) is 5.04. The molecule has 0 unspecified atom stereocenters. The minimum absolute atomic E-state index is 0.274. The topological polar surface area (TPSA) is 38.3 Å². The van der Waals surface area contributed by atoms with E-state index in [0.29, 0.717) is 21.5 Å². The second-order valence-electron chi connectivity index (χ2n) is 4.64. The summed E-state index contributed by atoms with van der Waals surface area (Å²) < 4.78 is 5.07. The molecule has 0 aromatic heterocycles. The molecule has 0 saturated heterocycles. The second-order valence-corrected chi connectivity index (χ2v) is 5.46. The number of nitrogens with one attached hydrogen (secondary N) is 1. The van der Waals surface area contributed by atoms with Crippen LogP contribution in [0.3, 0.4) is 0 Å². The Morgan fingerprint density at radius 1 is 1.14 bits per heavy atom. The first-order valence-corrected chi connectivity index (χ1v) is 7.34. The van der Waals surface area contributed by atoms with Crippen LogP contribution in [0.1, 0.15) is 12.5 Å². The smallest absolute Gasteiger partial charge is 0.248 e. The Kier molecular flexibility index (Phi) is 5.47. The summed E-state index contributed by atoms with van der Waals surface area (Å²) in [4.78, 5) is 12.1. The molecule has 2 aromatic carbocycles. The molecule has 0 fully saturated rings. The zero-order chi connectivity index (χ0) is 16.1. The summed E-state index contributed by atoms with van der Waals surface area (Å²) in [5.74, 6) is 0.357. The van der Waals surface area contributed by atoms with Crippen LogP contribution in [0.2, 0.25) is 10.0 Å². The van der Waals surface area contributed by atoms with E-state index in [2.05, 4.69) is 5.32 Å². The molecule has 1 amide bonds. The number of carbonyl (C=O) groups excluding carboxylic acids is 1. The van der Waals surface area contributed by atoms with Gasteiger partial charge >= 0.3 is 0 Å². The molecule has 0 aliphatic heterocycles. The number of allylic oxidation sites excluding steroid dienone is 1. The molecule has 0 radical (unpaired) electrons. The zero-order valence-corrected chi connectivity index (χ0v) is 13.7. The summed E-state index contributed by atoms with van der Waals surface area (Å²) in [5.41, 5.74) is 2.11. The van der Waals surface area contributed by atoms with Gasteiger partial charge in [0.25, 0.3) is 0 Å². The molecule has 114 valence electrons. The van der Waals surface area contributed by atoms with Crippen LogP contribution in [-0.2, 0) is 4.79 Å². The zero-order valence-electron chi connectivity index (χ0n) is 12.2. The normalized spacial score (nSPS) is 11.2. The van der Waals surface area contributed by atoms with Crippen molar-refractivity contribution in [3.63, 3.8) is 0 Å². The van der Waals surface area contributed by atoms with Crippen LogP contribution in [0.5, 0.6) is 5.75 Å². The number of anilines is 1. The van der Waals surface area contributed by atoms with Gasteiger partial charge in [0.1, 0.15) is 5.75 Å². The fraction of sp³-hybridized carbons (Fsp3) is 0.118. The van der Waals surface area contributed by atoms with Gasteiger partial charge in [-0.15, -0.1) is 0 Å². The van der Waals surface area contributed by atoms with Gasteiger partial charge in [-0.3, -0.25) is 4.79 Å². The number of benzene rings is 2. The van der Waals surface area contributed by atoms with Gasteiger partial charge in [-0.2, -0.15) is 0 Å². The molecule has 2 aromatic rings. The summed E-state index contributed by atoms with van der Waals surface area (Å²) in [5, 5.41) is 3.75. The molecule has 0 aliphatic rings. The van der Waals surface area contributed by atoms with Crippen LogP contribution in [0, 0.1) is 0 Å². The lowest BCUT2D eigenvalue weighted by atomic mass is 10.1. The first-order chi connectivity index (χ1) is 10.5. The minimum Gasteiger partial charge on any atom is -0.497 e. The van der Waals surface area contributed by atoms with E-state index in [9.17, 15) is 4.79 Å². The number of carbonyl (C=O) groups is 1. The summed E-state index contributed by atoms with van der Waals surface area (Å²) >= 11 is 12.2. The molecule has 0 spiro atoms. The number of methoxy groups -OCH3 is 1. The number of amides is 1. The Hall–Kier alpha value is -1.97. The summed E-state index contributed by atoms with van der Waals surface area (Å²) in [6, 6.07) is 12.4. The highest BCUT2D eigenvalue weighted by Gasteiger charge is 2.07. The fourth-order valence-corrected chi connectivity index (χ4v) is 2.45. The van der Waals surface area contributed by atoms with Crippen molar-refractivity contribution in [1.82, 2.24) is 0 Å². The molecule has 0 heterocycles. The van der Waals surface area contributed by atoms with Crippen LogP contribution in [0.4, 0.5) is 5.69 Å². The third-order valence-electron chi connectivity index (χ3n) is 3.08. The molecule has 0 bridgehead atoms. The monoisotopic (exact) mass is 335 g/mol. The maximum absolute atomic E-state index is 12.1. The Morgan fingerprint density at radius 3 is 2.50 bits per heavy atom. The highest BCUT2D eigenvalue weighted by Crippen LogP contribution is 2.27. The van der Waals surface area contributed by atoms with E-state index in [1.807, 2.05) is 25.1 Å². The summed E-state index contributed by atoms with van der Waals surface area (Å²) in [7, 11) is 1.56. The average Bonchev–Trinajstić information content (AvgIpc) is 2.49. The van der Waals surface area contributed by atoms with E-state index in [4.69, 9.17) is 27.9 Å². The maximum Gasteiger partial charge on any atom is 0.248 e. The molecule has 0 atom stereocenters. The summed E-state index contributed by atoms with van der Waals surface area (Å²) in [6.45, 7) is 1.83. The third kappa shape index (κ3) is 4.03. The molecule has 22 heavy (non-hydrogen) atoms. The molecular weight excluding hydrogens is 321 g/mol.